The highest BCUT2D eigenvalue weighted by Gasteiger charge is 2.16. The lowest BCUT2D eigenvalue weighted by atomic mass is 9.92. The van der Waals surface area contributed by atoms with Crippen molar-refractivity contribution in [3.05, 3.63) is 57.7 Å². The predicted octanol–water partition coefficient (Wildman–Crippen LogP) is 2.70. The monoisotopic (exact) mass is 353 g/mol. The van der Waals surface area contributed by atoms with E-state index in [1.807, 2.05) is 12.1 Å². The van der Waals surface area contributed by atoms with E-state index in [4.69, 9.17) is 5.11 Å². The molecular weight excluding hydrogens is 330 g/mol. The van der Waals surface area contributed by atoms with Gasteiger partial charge in [-0.25, -0.2) is 0 Å². The second kappa shape index (κ2) is 8.34. The lowest BCUT2D eigenvalue weighted by Crippen LogP contribution is -2.18. The average Bonchev–Trinajstić information content (AvgIpc) is 2.63. The van der Waals surface area contributed by atoms with E-state index in [0.29, 0.717) is 46.4 Å². The van der Waals surface area contributed by atoms with Gasteiger partial charge in [0, 0.05) is 45.9 Å². The van der Waals surface area contributed by atoms with Gasteiger partial charge in [0.2, 0.25) is 0 Å². The van der Waals surface area contributed by atoms with E-state index in [2.05, 4.69) is 18.1 Å². The number of phenols is 2. The third-order valence-electron chi connectivity index (χ3n) is 4.35. The van der Waals surface area contributed by atoms with E-state index in [0.717, 1.165) is 5.56 Å². The fraction of sp³-hybridized carbons (Fsp3) is 0.238. The van der Waals surface area contributed by atoms with Crippen LogP contribution in [0.2, 0.25) is 0 Å². The van der Waals surface area contributed by atoms with Crippen LogP contribution in [0.5, 0.6) is 11.5 Å². The molecular formula is C21H23NO4. The summed E-state index contributed by atoms with van der Waals surface area (Å²) in [6, 6.07) is 3.64. The predicted molar refractivity (Wildman–Crippen MR) is 102 cm³/mol. The molecule has 0 aliphatic rings. The van der Waals surface area contributed by atoms with Crippen LogP contribution in [-0.2, 0) is 4.79 Å². The second-order valence-electron chi connectivity index (χ2n) is 6.15. The number of rotatable bonds is 7. The number of pyridine rings is 1. The number of unbranched alkanes of at least 4 members (excludes halogenated alkanes) is 2. The Bertz CT molecular complexity index is 933. The molecule has 1 aromatic heterocycles. The Morgan fingerprint density at radius 3 is 2.54 bits per heavy atom. The van der Waals surface area contributed by atoms with E-state index in [1.165, 1.54) is 0 Å². The van der Waals surface area contributed by atoms with Gasteiger partial charge in [-0.3, -0.25) is 9.78 Å². The van der Waals surface area contributed by atoms with Crippen molar-refractivity contribution >= 4 is 24.7 Å². The van der Waals surface area contributed by atoms with Gasteiger partial charge in [0.25, 0.3) is 0 Å². The van der Waals surface area contributed by atoms with Crippen LogP contribution in [0.4, 0.5) is 0 Å². The summed E-state index contributed by atoms with van der Waals surface area (Å²) in [6.45, 7) is 9.44. The van der Waals surface area contributed by atoms with Gasteiger partial charge in [0.05, 0.1) is 0 Å². The Morgan fingerprint density at radius 2 is 1.92 bits per heavy atom. The van der Waals surface area contributed by atoms with Crippen molar-refractivity contribution in [1.29, 1.82) is 0 Å². The maximum absolute atomic E-state index is 10.6. The molecule has 136 valence electrons. The van der Waals surface area contributed by atoms with E-state index < -0.39 is 5.97 Å². The number of allylic oxidation sites excluding steroid dienone is 1. The highest BCUT2D eigenvalue weighted by atomic mass is 16.4. The number of hydrogen-bond donors (Lipinski definition) is 3. The van der Waals surface area contributed by atoms with Crippen LogP contribution in [-0.4, -0.2) is 26.3 Å². The molecule has 3 N–H and O–H groups in total. The first-order valence-corrected chi connectivity index (χ1v) is 8.39. The van der Waals surface area contributed by atoms with Crippen LogP contribution >= 0.6 is 0 Å². The molecule has 1 aromatic carbocycles. The Morgan fingerprint density at radius 1 is 1.19 bits per heavy atom. The summed E-state index contributed by atoms with van der Waals surface area (Å²) in [5, 5.41) is 30.4. The van der Waals surface area contributed by atoms with E-state index >= 15 is 0 Å². The van der Waals surface area contributed by atoms with E-state index in [1.54, 1.807) is 25.4 Å². The van der Waals surface area contributed by atoms with Gasteiger partial charge in [-0.05, 0) is 37.8 Å². The Balaban J connectivity index is 2.51. The molecule has 0 spiro atoms. The van der Waals surface area contributed by atoms with E-state index in [-0.39, 0.29) is 17.9 Å². The summed E-state index contributed by atoms with van der Waals surface area (Å²) in [5.74, 6) is -0.835. The van der Waals surface area contributed by atoms with Gasteiger partial charge in [-0.15, -0.1) is 0 Å². The molecule has 0 radical (unpaired) electrons. The average molecular weight is 353 g/mol. The Labute approximate surface area is 152 Å². The first kappa shape index (κ1) is 19.2. The topological polar surface area (TPSA) is 90.7 Å². The van der Waals surface area contributed by atoms with Crippen molar-refractivity contribution < 1.29 is 20.1 Å². The fourth-order valence-corrected chi connectivity index (χ4v) is 2.80. The fourth-order valence-electron chi connectivity index (χ4n) is 2.80. The van der Waals surface area contributed by atoms with Crippen molar-refractivity contribution in [2.24, 2.45) is 0 Å². The molecule has 1 heterocycles. The molecule has 0 aliphatic carbocycles. The van der Waals surface area contributed by atoms with Crippen LogP contribution in [0.25, 0.3) is 18.7 Å². The zero-order chi connectivity index (χ0) is 19.3. The third-order valence-corrected chi connectivity index (χ3v) is 4.35. The quantitative estimate of drug-likeness (QED) is 0.526. The largest absolute Gasteiger partial charge is 0.507 e. The molecule has 0 atom stereocenters. The molecule has 5 nitrogen and oxygen atoms in total. The number of benzene rings is 1. The van der Waals surface area contributed by atoms with Crippen LogP contribution in [0.1, 0.15) is 42.4 Å². The molecule has 0 bridgehead atoms. The summed E-state index contributed by atoms with van der Waals surface area (Å²) in [4.78, 5) is 14.8. The molecule has 0 saturated carbocycles. The number of aromatic nitrogens is 1. The first-order chi connectivity index (χ1) is 12.3. The molecule has 0 amide bonds. The Kier molecular flexibility index (Phi) is 6.17. The minimum atomic E-state index is -0.815. The minimum Gasteiger partial charge on any atom is -0.507 e. The van der Waals surface area contributed by atoms with Crippen molar-refractivity contribution in [3.63, 3.8) is 0 Å². The minimum absolute atomic E-state index is 0.00321. The number of carboxylic acid groups (broad SMARTS) is 1. The lowest BCUT2D eigenvalue weighted by molar-refractivity contribution is -0.137. The van der Waals surface area contributed by atoms with Crippen LogP contribution < -0.4 is 10.4 Å². The number of aliphatic carboxylic acids is 1. The van der Waals surface area contributed by atoms with Gasteiger partial charge >= 0.3 is 5.97 Å². The Hall–Kier alpha value is -3.08. The van der Waals surface area contributed by atoms with Crippen molar-refractivity contribution in [1.82, 2.24) is 4.98 Å². The highest BCUT2D eigenvalue weighted by Crippen LogP contribution is 2.28. The van der Waals surface area contributed by atoms with Gasteiger partial charge < -0.3 is 15.3 Å². The number of phenolic OH excluding ortho intramolecular Hbond substituents is 2. The molecule has 0 saturated heterocycles. The molecule has 5 heteroatoms. The van der Waals surface area contributed by atoms with Gasteiger partial charge in [-0.1, -0.05) is 25.3 Å². The van der Waals surface area contributed by atoms with E-state index in [9.17, 15) is 15.0 Å². The molecule has 0 fully saturated rings. The van der Waals surface area contributed by atoms with Crippen molar-refractivity contribution in [2.45, 2.75) is 32.6 Å². The summed E-state index contributed by atoms with van der Waals surface area (Å²) in [5.41, 5.74) is 2.37. The molecule has 0 aliphatic heterocycles. The standard InChI is InChI=1S/C21H23NO4/c1-13-14(2)21(26)19(15(3)20(13)25)17(16-8-7-11-22-12-16)9-5-4-6-10-18(23)24/h7-9,11-12,25-26H,2-6,10H2,1H3,(H,23,24)/b17-9+. The van der Waals surface area contributed by atoms with Crippen molar-refractivity contribution in [3.8, 4) is 11.5 Å². The smallest absolute Gasteiger partial charge is 0.303 e. The molecule has 26 heavy (non-hydrogen) atoms. The summed E-state index contributed by atoms with van der Waals surface area (Å²) in [7, 11) is 0. The summed E-state index contributed by atoms with van der Waals surface area (Å²) in [6.07, 6.45) is 7.23. The first-order valence-electron chi connectivity index (χ1n) is 8.39. The van der Waals surface area contributed by atoms with Crippen molar-refractivity contribution in [2.75, 3.05) is 0 Å². The summed E-state index contributed by atoms with van der Waals surface area (Å²) < 4.78 is 0. The maximum Gasteiger partial charge on any atom is 0.303 e. The number of carbonyl (C=O) groups is 1. The summed E-state index contributed by atoms with van der Waals surface area (Å²) >= 11 is 0. The van der Waals surface area contributed by atoms with Crippen LogP contribution in [0.3, 0.4) is 0 Å². The van der Waals surface area contributed by atoms with Gasteiger partial charge in [0.15, 0.2) is 0 Å². The maximum atomic E-state index is 10.6. The molecule has 2 aromatic rings. The number of carboxylic acids is 1. The normalized spacial score (nSPS) is 11.5. The highest BCUT2D eigenvalue weighted by molar-refractivity contribution is 5.84. The zero-order valence-corrected chi connectivity index (χ0v) is 14.8. The zero-order valence-electron chi connectivity index (χ0n) is 14.8. The second-order valence-corrected chi connectivity index (χ2v) is 6.15. The van der Waals surface area contributed by atoms with Gasteiger partial charge in [-0.2, -0.15) is 0 Å². The SMILES string of the molecule is C=c1c(C)c(O)c(=C)c(/C(=C/CCCCC(=O)O)c2cccnc2)c1O. The third kappa shape index (κ3) is 4.11. The molecule has 2 rings (SSSR count). The molecule has 0 unspecified atom stereocenters. The van der Waals surface area contributed by atoms with Crippen LogP contribution in [0, 0.1) is 6.92 Å². The van der Waals surface area contributed by atoms with Crippen LogP contribution in [0.15, 0.2) is 30.6 Å². The number of nitrogens with zero attached hydrogens (tertiary/aromatic N) is 1. The number of hydrogen-bond acceptors (Lipinski definition) is 4. The lowest BCUT2D eigenvalue weighted by Gasteiger charge is -2.14. The van der Waals surface area contributed by atoms with Gasteiger partial charge in [0.1, 0.15) is 11.5 Å². The number of aromatic hydroxyl groups is 2.